The third-order valence-corrected chi connectivity index (χ3v) is 6.93. The fraction of sp³-hybridized carbons (Fsp3) is 0.320. The SMILES string of the molecule is COc1cc2ncnc(-c3cn(C)nc3-c3ccccc3)c2nc1NC(=O)[C@]12C[C@H]1CN(C)C2. The summed E-state index contributed by atoms with van der Waals surface area (Å²) in [7, 11) is 5.50. The molecule has 1 amide bonds. The maximum atomic E-state index is 13.2. The van der Waals surface area contributed by atoms with Gasteiger partial charge in [0.2, 0.25) is 5.91 Å². The summed E-state index contributed by atoms with van der Waals surface area (Å²) in [6, 6.07) is 11.8. The molecule has 34 heavy (non-hydrogen) atoms. The molecule has 1 N–H and O–H groups in total. The lowest BCUT2D eigenvalue weighted by atomic mass is 10.0. The Labute approximate surface area is 196 Å². The largest absolute Gasteiger partial charge is 0.493 e. The molecule has 6 rings (SSSR count). The van der Waals surface area contributed by atoms with Gasteiger partial charge in [-0.3, -0.25) is 9.48 Å². The van der Waals surface area contributed by atoms with Gasteiger partial charge in [-0.05, 0) is 19.4 Å². The summed E-state index contributed by atoms with van der Waals surface area (Å²) in [5.74, 6) is 1.26. The van der Waals surface area contributed by atoms with E-state index in [0.29, 0.717) is 34.2 Å². The molecule has 0 spiro atoms. The number of carbonyl (C=O) groups excluding carboxylic acids is 1. The predicted molar refractivity (Wildman–Crippen MR) is 128 cm³/mol. The highest BCUT2D eigenvalue weighted by molar-refractivity contribution is 6.01. The van der Waals surface area contributed by atoms with Crippen molar-refractivity contribution in [2.24, 2.45) is 18.4 Å². The number of amides is 1. The van der Waals surface area contributed by atoms with Crippen molar-refractivity contribution in [3.05, 3.63) is 48.9 Å². The zero-order valence-corrected chi connectivity index (χ0v) is 19.3. The minimum atomic E-state index is -0.323. The molecule has 2 atom stereocenters. The summed E-state index contributed by atoms with van der Waals surface area (Å²) in [4.78, 5) is 29.3. The van der Waals surface area contributed by atoms with Crippen LogP contribution in [0.15, 0.2) is 48.9 Å². The number of ether oxygens (including phenoxy) is 1. The van der Waals surface area contributed by atoms with E-state index in [1.165, 1.54) is 6.33 Å². The second kappa shape index (κ2) is 7.59. The van der Waals surface area contributed by atoms with Gasteiger partial charge in [0.1, 0.15) is 23.2 Å². The summed E-state index contributed by atoms with van der Waals surface area (Å²) in [6.07, 6.45) is 4.36. The van der Waals surface area contributed by atoms with Crippen LogP contribution >= 0.6 is 0 Å². The molecule has 9 heteroatoms. The van der Waals surface area contributed by atoms with Crippen molar-refractivity contribution in [3.63, 3.8) is 0 Å². The summed E-state index contributed by atoms with van der Waals surface area (Å²) >= 11 is 0. The second-order valence-electron chi connectivity index (χ2n) is 9.27. The third kappa shape index (κ3) is 3.23. The Hall–Kier alpha value is -3.85. The molecule has 1 aliphatic heterocycles. The first-order valence-electron chi connectivity index (χ1n) is 11.3. The van der Waals surface area contributed by atoms with E-state index in [0.717, 1.165) is 36.3 Å². The Balaban J connectivity index is 1.45. The number of aryl methyl sites for hydroxylation is 1. The number of hydrogen-bond acceptors (Lipinski definition) is 7. The van der Waals surface area contributed by atoms with Crippen molar-refractivity contribution in [2.75, 3.05) is 32.6 Å². The van der Waals surface area contributed by atoms with Crippen LogP contribution in [0.2, 0.25) is 0 Å². The molecule has 1 aromatic carbocycles. The lowest BCUT2D eigenvalue weighted by Gasteiger charge is -2.17. The lowest BCUT2D eigenvalue weighted by Crippen LogP contribution is -2.31. The summed E-state index contributed by atoms with van der Waals surface area (Å²) in [6.45, 7) is 1.72. The number of benzene rings is 1. The van der Waals surface area contributed by atoms with E-state index in [1.807, 2.05) is 43.6 Å². The van der Waals surface area contributed by atoms with E-state index in [4.69, 9.17) is 9.72 Å². The number of hydrogen-bond donors (Lipinski definition) is 1. The normalized spacial score (nSPS) is 21.4. The Morgan fingerprint density at radius 2 is 2.00 bits per heavy atom. The van der Waals surface area contributed by atoms with Gasteiger partial charge in [0.25, 0.3) is 0 Å². The van der Waals surface area contributed by atoms with Crippen LogP contribution in [-0.4, -0.2) is 62.8 Å². The molecule has 9 nitrogen and oxygen atoms in total. The smallest absolute Gasteiger partial charge is 0.233 e. The lowest BCUT2D eigenvalue weighted by molar-refractivity contribution is -0.121. The maximum Gasteiger partial charge on any atom is 0.233 e. The Kier molecular flexibility index (Phi) is 4.63. The van der Waals surface area contributed by atoms with Crippen LogP contribution in [-0.2, 0) is 11.8 Å². The number of methoxy groups -OCH3 is 1. The Bertz CT molecular complexity index is 1420. The highest BCUT2D eigenvalue weighted by atomic mass is 16.5. The van der Waals surface area contributed by atoms with Gasteiger partial charge in [0.05, 0.1) is 18.0 Å². The van der Waals surface area contributed by atoms with E-state index >= 15 is 0 Å². The molecule has 4 heterocycles. The van der Waals surface area contributed by atoms with E-state index in [9.17, 15) is 4.79 Å². The van der Waals surface area contributed by atoms with Gasteiger partial charge in [-0.2, -0.15) is 5.10 Å². The number of likely N-dealkylation sites (tertiary alicyclic amines) is 1. The number of nitrogens with one attached hydrogen (secondary N) is 1. The highest BCUT2D eigenvalue weighted by Gasteiger charge is 2.64. The van der Waals surface area contributed by atoms with Crippen LogP contribution in [0.3, 0.4) is 0 Å². The van der Waals surface area contributed by atoms with Crippen LogP contribution in [0.5, 0.6) is 5.75 Å². The van der Waals surface area contributed by atoms with Crippen LogP contribution in [0.4, 0.5) is 5.82 Å². The number of rotatable bonds is 5. The molecular weight excluding hydrogens is 430 g/mol. The molecule has 1 saturated heterocycles. The van der Waals surface area contributed by atoms with E-state index in [1.54, 1.807) is 17.9 Å². The van der Waals surface area contributed by atoms with Gasteiger partial charge >= 0.3 is 0 Å². The van der Waals surface area contributed by atoms with Crippen LogP contribution in [0.25, 0.3) is 33.5 Å². The molecule has 3 aromatic heterocycles. The van der Waals surface area contributed by atoms with Crippen LogP contribution in [0.1, 0.15) is 6.42 Å². The van der Waals surface area contributed by atoms with Gasteiger partial charge < -0.3 is 15.0 Å². The molecule has 0 unspecified atom stereocenters. The third-order valence-electron chi connectivity index (χ3n) is 6.93. The predicted octanol–water partition coefficient (Wildman–Crippen LogP) is 2.99. The number of anilines is 1. The number of pyridine rings is 1. The summed E-state index contributed by atoms with van der Waals surface area (Å²) in [5, 5.41) is 7.72. The van der Waals surface area contributed by atoms with Gasteiger partial charge in [0.15, 0.2) is 11.6 Å². The fourth-order valence-corrected chi connectivity index (χ4v) is 5.20. The van der Waals surface area contributed by atoms with Gasteiger partial charge in [-0.1, -0.05) is 30.3 Å². The molecule has 0 radical (unpaired) electrons. The van der Waals surface area contributed by atoms with Crippen molar-refractivity contribution >= 4 is 22.8 Å². The van der Waals surface area contributed by atoms with Crippen molar-refractivity contribution in [2.45, 2.75) is 6.42 Å². The molecule has 0 bridgehead atoms. The average Bonchev–Trinajstić information content (AvgIpc) is 3.21. The minimum absolute atomic E-state index is 0.00301. The molecule has 1 saturated carbocycles. The second-order valence-corrected chi connectivity index (χ2v) is 9.27. The Morgan fingerprint density at radius 3 is 2.74 bits per heavy atom. The first kappa shape index (κ1) is 20.7. The molecule has 1 aliphatic carbocycles. The topological polar surface area (TPSA) is 98.1 Å². The van der Waals surface area contributed by atoms with E-state index in [-0.39, 0.29) is 11.3 Å². The molecule has 2 fully saturated rings. The summed E-state index contributed by atoms with van der Waals surface area (Å²) < 4.78 is 7.33. The van der Waals surface area contributed by atoms with Crippen molar-refractivity contribution in [3.8, 4) is 28.3 Å². The van der Waals surface area contributed by atoms with E-state index in [2.05, 4.69) is 32.3 Å². The van der Waals surface area contributed by atoms with Crippen molar-refractivity contribution in [1.82, 2.24) is 29.6 Å². The number of aromatic nitrogens is 5. The quantitative estimate of drug-likeness (QED) is 0.494. The highest BCUT2D eigenvalue weighted by Crippen LogP contribution is 2.58. The fourth-order valence-electron chi connectivity index (χ4n) is 5.20. The molecule has 172 valence electrons. The van der Waals surface area contributed by atoms with Crippen molar-refractivity contribution in [1.29, 1.82) is 0 Å². The van der Waals surface area contributed by atoms with E-state index < -0.39 is 0 Å². The number of fused-ring (bicyclic) bond motifs is 2. The van der Waals surface area contributed by atoms with Crippen molar-refractivity contribution < 1.29 is 9.53 Å². The monoisotopic (exact) mass is 455 g/mol. The van der Waals surface area contributed by atoms with Gasteiger partial charge in [-0.25, -0.2) is 15.0 Å². The minimum Gasteiger partial charge on any atom is -0.493 e. The first-order chi connectivity index (χ1) is 16.5. The summed E-state index contributed by atoms with van der Waals surface area (Å²) in [5.41, 5.74) is 4.17. The van der Waals surface area contributed by atoms with Gasteiger partial charge in [0, 0.05) is 43.5 Å². The number of carbonyl (C=O) groups is 1. The first-order valence-corrected chi connectivity index (χ1v) is 11.3. The molecule has 4 aromatic rings. The van der Waals surface area contributed by atoms with Crippen LogP contribution < -0.4 is 10.1 Å². The molecule has 2 aliphatic rings. The molecular formula is C25H25N7O2. The van der Waals surface area contributed by atoms with Crippen LogP contribution in [0, 0.1) is 11.3 Å². The number of nitrogens with zero attached hydrogens (tertiary/aromatic N) is 6. The Morgan fingerprint density at radius 1 is 1.18 bits per heavy atom. The maximum absolute atomic E-state index is 13.2. The zero-order chi connectivity index (χ0) is 23.4. The average molecular weight is 456 g/mol. The number of piperidine rings is 1. The van der Waals surface area contributed by atoms with Gasteiger partial charge in [-0.15, -0.1) is 0 Å². The standard InChI is InChI=1S/C25H25N7O2/c1-31-11-16-10-25(16,13-31)24(33)29-23-19(34-3)9-18-22(28-23)21(27-14-26-18)17-12-32(2)30-20(17)15-7-5-4-6-8-15/h4-9,12,14,16H,10-11,13H2,1-3H3,(H,28,29,33)/t16-,25-/m0/s1. The zero-order valence-electron chi connectivity index (χ0n) is 19.3.